The van der Waals surface area contributed by atoms with Crippen LogP contribution in [0.25, 0.3) is 0 Å². The van der Waals surface area contributed by atoms with Crippen LogP contribution >= 0.6 is 15.9 Å². The number of benzene rings is 1. The van der Waals surface area contributed by atoms with E-state index in [1.165, 1.54) is 6.33 Å². The maximum atomic E-state index is 10.9. The SMILES string of the molecule is Nc1ncnc(Nc2ccc(Br)cc2)c1[N+](=O)[O-]. The monoisotopic (exact) mass is 309 g/mol. The maximum Gasteiger partial charge on any atom is 0.353 e. The number of nitrogens with one attached hydrogen (secondary N) is 1. The summed E-state index contributed by atoms with van der Waals surface area (Å²) in [7, 11) is 0. The van der Waals surface area contributed by atoms with Gasteiger partial charge in [0.15, 0.2) is 0 Å². The zero-order valence-corrected chi connectivity index (χ0v) is 10.6. The molecule has 0 aliphatic rings. The van der Waals surface area contributed by atoms with Gasteiger partial charge < -0.3 is 11.1 Å². The van der Waals surface area contributed by atoms with Crippen LogP contribution in [0.2, 0.25) is 0 Å². The number of hydrogen-bond donors (Lipinski definition) is 2. The molecule has 0 saturated heterocycles. The molecule has 3 N–H and O–H groups in total. The van der Waals surface area contributed by atoms with Crippen LogP contribution in [-0.4, -0.2) is 14.9 Å². The molecule has 8 heteroatoms. The van der Waals surface area contributed by atoms with Crippen LogP contribution in [0.1, 0.15) is 0 Å². The molecule has 1 aromatic heterocycles. The molecule has 0 aliphatic heterocycles. The van der Waals surface area contributed by atoms with Gasteiger partial charge in [-0.1, -0.05) is 15.9 Å². The number of nitrogens with two attached hydrogens (primary N) is 1. The zero-order valence-electron chi connectivity index (χ0n) is 9.00. The van der Waals surface area contributed by atoms with Crippen LogP contribution in [0.3, 0.4) is 0 Å². The van der Waals surface area contributed by atoms with Crippen LogP contribution in [-0.2, 0) is 0 Å². The minimum absolute atomic E-state index is 0.0647. The van der Waals surface area contributed by atoms with Crippen LogP contribution in [0.5, 0.6) is 0 Å². The molecule has 0 bridgehead atoms. The molecule has 7 nitrogen and oxygen atoms in total. The molecule has 2 rings (SSSR count). The molecule has 18 heavy (non-hydrogen) atoms. The Morgan fingerprint density at radius 1 is 1.28 bits per heavy atom. The van der Waals surface area contributed by atoms with Crippen molar-refractivity contribution in [2.24, 2.45) is 0 Å². The highest BCUT2D eigenvalue weighted by molar-refractivity contribution is 9.10. The summed E-state index contributed by atoms with van der Waals surface area (Å²) in [5.74, 6) is -0.107. The van der Waals surface area contributed by atoms with Crippen molar-refractivity contribution in [1.82, 2.24) is 9.97 Å². The average Bonchev–Trinajstić information content (AvgIpc) is 2.32. The normalized spacial score (nSPS) is 10.1. The summed E-state index contributed by atoms with van der Waals surface area (Å²) in [6, 6.07) is 7.12. The van der Waals surface area contributed by atoms with E-state index in [-0.39, 0.29) is 17.3 Å². The van der Waals surface area contributed by atoms with Crippen LogP contribution in [0.4, 0.5) is 23.0 Å². The number of nitro groups is 1. The lowest BCUT2D eigenvalue weighted by Crippen LogP contribution is -2.04. The number of halogens is 1. The van der Waals surface area contributed by atoms with E-state index in [1.807, 2.05) is 0 Å². The molecule has 0 amide bonds. The van der Waals surface area contributed by atoms with E-state index in [1.54, 1.807) is 24.3 Å². The minimum Gasteiger partial charge on any atom is -0.378 e. The lowest BCUT2D eigenvalue weighted by molar-refractivity contribution is -0.383. The molecule has 2 aromatic rings. The zero-order chi connectivity index (χ0) is 13.1. The first-order chi connectivity index (χ1) is 8.58. The van der Waals surface area contributed by atoms with Crippen LogP contribution < -0.4 is 11.1 Å². The van der Waals surface area contributed by atoms with Crippen LogP contribution in [0, 0.1) is 10.1 Å². The van der Waals surface area contributed by atoms with Crippen molar-refractivity contribution in [3.63, 3.8) is 0 Å². The molecule has 0 atom stereocenters. The van der Waals surface area contributed by atoms with E-state index in [0.717, 1.165) is 4.47 Å². The third kappa shape index (κ3) is 2.54. The van der Waals surface area contributed by atoms with Gasteiger partial charge in [-0.3, -0.25) is 10.1 Å². The first kappa shape index (κ1) is 12.2. The van der Waals surface area contributed by atoms with Crippen molar-refractivity contribution in [2.45, 2.75) is 0 Å². The molecule has 1 heterocycles. The lowest BCUT2D eigenvalue weighted by Gasteiger charge is -2.06. The smallest absolute Gasteiger partial charge is 0.353 e. The predicted octanol–water partition coefficient (Wildman–Crippen LogP) is 2.47. The van der Waals surface area contributed by atoms with Gasteiger partial charge >= 0.3 is 5.69 Å². The topological polar surface area (TPSA) is 107 Å². The average molecular weight is 310 g/mol. The Morgan fingerprint density at radius 3 is 2.56 bits per heavy atom. The Hall–Kier alpha value is -2.22. The Labute approximate surface area is 110 Å². The molecule has 0 unspecified atom stereocenters. The van der Waals surface area contributed by atoms with Crippen molar-refractivity contribution in [2.75, 3.05) is 11.1 Å². The molecule has 0 fully saturated rings. The highest BCUT2D eigenvalue weighted by Crippen LogP contribution is 2.29. The summed E-state index contributed by atoms with van der Waals surface area (Å²) < 4.78 is 0.907. The second-order valence-corrected chi connectivity index (χ2v) is 4.26. The summed E-state index contributed by atoms with van der Waals surface area (Å²) >= 11 is 3.30. The fourth-order valence-electron chi connectivity index (χ4n) is 1.33. The second kappa shape index (κ2) is 4.96. The molecule has 92 valence electrons. The molecule has 0 saturated carbocycles. The number of anilines is 3. The lowest BCUT2D eigenvalue weighted by atomic mass is 10.3. The standard InChI is InChI=1S/C10H8BrN5O2/c11-6-1-3-7(4-2-6)15-10-8(16(17)18)9(12)13-5-14-10/h1-5H,(H3,12,13,14,15). The summed E-state index contributed by atoms with van der Waals surface area (Å²) in [4.78, 5) is 17.7. The van der Waals surface area contributed by atoms with E-state index in [4.69, 9.17) is 5.73 Å². The first-order valence-electron chi connectivity index (χ1n) is 4.85. The molecular formula is C10H8BrN5O2. The van der Waals surface area contributed by atoms with Crippen molar-refractivity contribution >= 4 is 38.9 Å². The Kier molecular flexibility index (Phi) is 3.38. The van der Waals surface area contributed by atoms with Gasteiger partial charge in [-0.15, -0.1) is 0 Å². The highest BCUT2D eigenvalue weighted by Gasteiger charge is 2.20. The summed E-state index contributed by atoms with van der Waals surface area (Å²) in [6.07, 6.45) is 1.17. The summed E-state index contributed by atoms with van der Waals surface area (Å²) in [6.45, 7) is 0. The summed E-state index contributed by atoms with van der Waals surface area (Å²) in [5.41, 5.74) is 5.79. The molecular weight excluding hydrogens is 302 g/mol. The minimum atomic E-state index is -0.615. The van der Waals surface area contributed by atoms with E-state index in [2.05, 4.69) is 31.2 Å². The predicted molar refractivity (Wildman–Crippen MR) is 70.5 cm³/mol. The molecule has 1 aromatic carbocycles. The van der Waals surface area contributed by atoms with Crippen molar-refractivity contribution in [1.29, 1.82) is 0 Å². The van der Waals surface area contributed by atoms with Crippen molar-refractivity contribution in [3.05, 3.63) is 45.2 Å². The van der Waals surface area contributed by atoms with Crippen LogP contribution in [0.15, 0.2) is 35.1 Å². The van der Waals surface area contributed by atoms with Gasteiger partial charge in [0.2, 0.25) is 11.6 Å². The van der Waals surface area contributed by atoms with Gasteiger partial charge in [-0.2, -0.15) is 0 Å². The second-order valence-electron chi connectivity index (χ2n) is 3.35. The van der Waals surface area contributed by atoms with E-state index < -0.39 is 4.92 Å². The Bertz CT molecular complexity index is 587. The number of nitrogens with zero attached hydrogens (tertiary/aromatic N) is 3. The maximum absolute atomic E-state index is 10.9. The fraction of sp³-hybridized carbons (Fsp3) is 0. The van der Waals surface area contributed by atoms with Gasteiger partial charge in [0.05, 0.1) is 4.92 Å². The van der Waals surface area contributed by atoms with Gasteiger partial charge in [-0.05, 0) is 24.3 Å². The molecule has 0 spiro atoms. The molecule has 0 radical (unpaired) electrons. The highest BCUT2D eigenvalue weighted by atomic mass is 79.9. The third-order valence-corrected chi connectivity index (χ3v) is 2.67. The van der Waals surface area contributed by atoms with Gasteiger partial charge in [0.25, 0.3) is 0 Å². The number of rotatable bonds is 3. The van der Waals surface area contributed by atoms with E-state index in [9.17, 15) is 10.1 Å². The van der Waals surface area contributed by atoms with Crippen molar-refractivity contribution < 1.29 is 4.92 Å². The van der Waals surface area contributed by atoms with Gasteiger partial charge in [0.1, 0.15) is 6.33 Å². The Balaban J connectivity index is 2.37. The fourth-order valence-corrected chi connectivity index (χ4v) is 1.60. The summed E-state index contributed by atoms with van der Waals surface area (Å²) in [5, 5.41) is 13.7. The van der Waals surface area contributed by atoms with Crippen molar-refractivity contribution in [3.8, 4) is 0 Å². The number of aromatic nitrogens is 2. The van der Waals surface area contributed by atoms with Gasteiger partial charge in [0, 0.05) is 10.2 Å². The van der Waals surface area contributed by atoms with Gasteiger partial charge in [-0.25, -0.2) is 9.97 Å². The van der Waals surface area contributed by atoms with E-state index in [0.29, 0.717) is 5.69 Å². The molecule has 0 aliphatic carbocycles. The third-order valence-electron chi connectivity index (χ3n) is 2.14. The number of hydrogen-bond acceptors (Lipinski definition) is 6. The van der Waals surface area contributed by atoms with E-state index >= 15 is 0 Å². The first-order valence-corrected chi connectivity index (χ1v) is 5.64. The Morgan fingerprint density at radius 2 is 1.94 bits per heavy atom. The largest absolute Gasteiger partial charge is 0.378 e. The number of nitrogen functional groups attached to an aromatic ring is 1. The quantitative estimate of drug-likeness (QED) is 0.666.